The van der Waals surface area contributed by atoms with Crippen molar-refractivity contribution < 1.29 is 30.0 Å². The Bertz CT molecular complexity index is 824. The molecule has 4 fully saturated rings. The number of cyclic esters (lactones) is 1. The predicted molar refractivity (Wildman–Crippen MR) is 134 cm³/mol. The van der Waals surface area contributed by atoms with Gasteiger partial charge in [0.05, 0.1) is 30.8 Å². The molecule has 35 heavy (non-hydrogen) atoms. The monoisotopic (exact) mass is 492 g/mol. The second kappa shape index (κ2) is 9.74. The summed E-state index contributed by atoms with van der Waals surface area (Å²) in [7, 11) is 0. The average Bonchev–Trinajstić information content (AvgIpc) is 3.11. The minimum Gasteiger partial charge on any atom is -0.465 e. The second-order valence-electron chi connectivity index (χ2n) is 13.1. The molecule has 3 aliphatic carbocycles. The van der Waals surface area contributed by atoms with E-state index in [1.165, 1.54) is 0 Å². The number of carbonyl (C=O) groups excluding carboxylic acids is 1. The summed E-state index contributed by atoms with van der Waals surface area (Å²) >= 11 is 0. The van der Waals surface area contributed by atoms with Gasteiger partial charge in [0.1, 0.15) is 6.10 Å². The molecule has 0 aromatic rings. The highest BCUT2D eigenvalue weighted by Gasteiger charge is 2.63. The van der Waals surface area contributed by atoms with Crippen LogP contribution in [-0.4, -0.2) is 57.4 Å². The Balaban J connectivity index is 1.58. The standard InChI is InChI=1S/C29H48O6/c1-7-17(15(2)3)26(33)25(32)16(4)19-8-9-20-18-14-35-27(34)22-12-23(30)24(31)13-29(22,6)21(18)10-11-28(19,20)5/h7,15-16,18-26,30-33H,8-14H2,1-6H3/b17-7+/t16-,18-,19+,20-,21-,22+,23-,24+,25+,26+,28+,29?/m0/s1. The molecule has 4 aliphatic rings. The van der Waals surface area contributed by atoms with Crippen LogP contribution in [0.4, 0.5) is 0 Å². The highest BCUT2D eigenvalue weighted by atomic mass is 16.5. The molecule has 3 saturated carbocycles. The first-order valence-corrected chi connectivity index (χ1v) is 13.9. The molecule has 0 aromatic carbocycles. The molecule has 0 spiro atoms. The number of carbonyl (C=O) groups is 1. The van der Waals surface area contributed by atoms with Crippen LogP contribution in [0.5, 0.6) is 0 Å². The van der Waals surface area contributed by atoms with Gasteiger partial charge >= 0.3 is 5.97 Å². The van der Waals surface area contributed by atoms with Crippen molar-refractivity contribution >= 4 is 5.97 Å². The fourth-order valence-corrected chi connectivity index (χ4v) is 9.26. The van der Waals surface area contributed by atoms with Crippen LogP contribution in [-0.2, 0) is 9.53 Å². The average molecular weight is 493 g/mol. The van der Waals surface area contributed by atoms with E-state index < -0.39 is 24.4 Å². The van der Waals surface area contributed by atoms with Gasteiger partial charge in [0.25, 0.3) is 0 Å². The van der Waals surface area contributed by atoms with Crippen molar-refractivity contribution in [2.24, 2.45) is 52.3 Å². The summed E-state index contributed by atoms with van der Waals surface area (Å²) in [5, 5.41) is 43.1. The molecule has 200 valence electrons. The van der Waals surface area contributed by atoms with E-state index in [-0.39, 0.29) is 58.7 Å². The Labute approximate surface area is 211 Å². The molecule has 0 bridgehead atoms. The number of rotatable bonds is 5. The van der Waals surface area contributed by atoms with Crippen molar-refractivity contribution in [3.8, 4) is 0 Å². The van der Waals surface area contributed by atoms with Gasteiger partial charge in [-0.3, -0.25) is 4.79 Å². The summed E-state index contributed by atoms with van der Waals surface area (Å²) in [4.78, 5) is 13.0. The molecule has 0 radical (unpaired) electrons. The number of aliphatic hydroxyl groups is 4. The van der Waals surface area contributed by atoms with Gasteiger partial charge in [-0.1, -0.05) is 40.7 Å². The molecule has 4 rings (SSSR count). The van der Waals surface area contributed by atoms with Gasteiger partial charge in [0.2, 0.25) is 0 Å². The fourth-order valence-electron chi connectivity index (χ4n) is 9.26. The largest absolute Gasteiger partial charge is 0.465 e. The van der Waals surface area contributed by atoms with Gasteiger partial charge in [-0.05, 0) is 97.4 Å². The van der Waals surface area contributed by atoms with E-state index in [4.69, 9.17) is 4.74 Å². The van der Waals surface area contributed by atoms with E-state index >= 15 is 0 Å². The molecule has 6 nitrogen and oxygen atoms in total. The van der Waals surface area contributed by atoms with Crippen LogP contribution in [0.1, 0.15) is 80.1 Å². The number of hydrogen-bond donors (Lipinski definition) is 4. The molecule has 0 aromatic heterocycles. The molecule has 1 aliphatic heterocycles. The number of fused-ring (bicyclic) bond motifs is 5. The zero-order valence-corrected chi connectivity index (χ0v) is 22.5. The number of hydrogen-bond acceptors (Lipinski definition) is 6. The summed E-state index contributed by atoms with van der Waals surface area (Å²) < 4.78 is 5.87. The first kappa shape index (κ1) is 27.1. The van der Waals surface area contributed by atoms with E-state index in [1.54, 1.807) is 0 Å². The third kappa shape index (κ3) is 4.30. The van der Waals surface area contributed by atoms with E-state index in [0.717, 1.165) is 31.3 Å². The van der Waals surface area contributed by atoms with E-state index in [2.05, 4.69) is 20.8 Å². The first-order valence-electron chi connectivity index (χ1n) is 13.9. The van der Waals surface area contributed by atoms with Crippen molar-refractivity contribution in [1.82, 2.24) is 0 Å². The number of allylic oxidation sites excluding steroid dienone is 1. The smallest absolute Gasteiger partial charge is 0.309 e. The zero-order chi connectivity index (χ0) is 25.9. The first-order chi connectivity index (χ1) is 16.4. The van der Waals surface area contributed by atoms with Crippen molar-refractivity contribution in [2.45, 2.75) is 104 Å². The summed E-state index contributed by atoms with van der Waals surface area (Å²) in [6.07, 6.45) is 3.28. The highest BCUT2D eigenvalue weighted by molar-refractivity contribution is 5.74. The van der Waals surface area contributed by atoms with Crippen LogP contribution in [0.15, 0.2) is 11.6 Å². The minimum atomic E-state index is -0.872. The van der Waals surface area contributed by atoms with Crippen LogP contribution in [0.2, 0.25) is 0 Å². The third-order valence-corrected chi connectivity index (χ3v) is 11.3. The Morgan fingerprint density at radius 3 is 2.31 bits per heavy atom. The van der Waals surface area contributed by atoms with Gasteiger partial charge in [-0.15, -0.1) is 0 Å². The highest BCUT2D eigenvalue weighted by Crippen LogP contribution is 2.66. The van der Waals surface area contributed by atoms with E-state index in [0.29, 0.717) is 18.9 Å². The Morgan fingerprint density at radius 1 is 1.03 bits per heavy atom. The number of aliphatic hydroxyl groups excluding tert-OH is 4. The SMILES string of the molecule is C/C=C(\C(C)C)[C@@H](O)[C@H](O)[C@@H](C)[C@H]1CC[C@H]2[C@@H]3COC(=O)[C@H]4C[C@H](O)[C@H](O)CC4(C)[C@H]3CC[C@]12C. The van der Waals surface area contributed by atoms with E-state index in [1.807, 2.05) is 26.8 Å². The summed E-state index contributed by atoms with van der Waals surface area (Å²) in [5.41, 5.74) is 0.515. The second-order valence-corrected chi connectivity index (χ2v) is 13.1. The van der Waals surface area contributed by atoms with Crippen molar-refractivity contribution in [3.63, 3.8) is 0 Å². The van der Waals surface area contributed by atoms with Crippen molar-refractivity contribution in [2.75, 3.05) is 6.61 Å². The van der Waals surface area contributed by atoms with Gasteiger partial charge in [0.15, 0.2) is 0 Å². The fraction of sp³-hybridized carbons (Fsp3) is 0.897. The van der Waals surface area contributed by atoms with Crippen molar-refractivity contribution in [1.29, 1.82) is 0 Å². The Kier molecular flexibility index (Phi) is 7.54. The molecule has 1 unspecified atom stereocenters. The van der Waals surface area contributed by atoms with Crippen molar-refractivity contribution in [3.05, 3.63) is 11.6 Å². The van der Waals surface area contributed by atoms with Gasteiger partial charge < -0.3 is 25.2 Å². The molecular weight excluding hydrogens is 444 g/mol. The zero-order valence-electron chi connectivity index (χ0n) is 22.5. The molecule has 12 atom stereocenters. The van der Waals surface area contributed by atoms with Crippen LogP contribution >= 0.6 is 0 Å². The summed E-state index contributed by atoms with van der Waals surface area (Å²) in [6.45, 7) is 13.0. The molecule has 6 heteroatoms. The van der Waals surface area contributed by atoms with Crippen LogP contribution in [0, 0.1) is 52.3 Å². The summed E-state index contributed by atoms with van der Waals surface area (Å²) in [6, 6.07) is 0. The lowest BCUT2D eigenvalue weighted by Gasteiger charge is -2.56. The van der Waals surface area contributed by atoms with Gasteiger partial charge in [-0.2, -0.15) is 0 Å². The van der Waals surface area contributed by atoms with E-state index in [9.17, 15) is 25.2 Å². The lowest BCUT2D eigenvalue weighted by atomic mass is 9.48. The lowest BCUT2D eigenvalue weighted by molar-refractivity contribution is -0.162. The number of esters is 1. The molecule has 0 amide bonds. The molecular formula is C29H48O6. The maximum atomic E-state index is 13.0. The normalized spacial score (nSPS) is 46.7. The molecule has 4 N–H and O–H groups in total. The molecule has 1 saturated heterocycles. The van der Waals surface area contributed by atoms with Crippen LogP contribution in [0.3, 0.4) is 0 Å². The predicted octanol–water partition coefficient (Wildman–Crippen LogP) is 3.70. The minimum absolute atomic E-state index is 0.00457. The Hall–Kier alpha value is -0.950. The van der Waals surface area contributed by atoms with Crippen LogP contribution < -0.4 is 0 Å². The third-order valence-electron chi connectivity index (χ3n) is 11.3. The van der Waals surface area contributed by atoms with Crippen LogP contribution in [0.25, 0.3) is 0 Å². The maximum absolute atomic E-state index is 13.0. The molecule has 1 heterocycles. The van der Waals surface area contributed by atoms with Gasteiger partial charge in [0, 0.05) is 0 Å². The maximum Gasteiger partial charge on any atom is 0.309 e. The van der Waals surface area contributed by atoms with Gasteiger partial charge in [-0.25, -0.2) is 0 Å². The number of ether oxygens (including phenoxy) is 1. The summed E-state index contributed by atoms with van der Waals surface area (Å²) in [5.74, 6) is 0.676. The quantitative estimate of drug-likeness (QED) is 0.344. The topological polar surface area (TPSA) is 107 Å². The lowest BCUT2D eigenvalue weighted by Crippen LogP contribution is -2.55. The Morgan fingerprint density at radius 2 is 1.69 bits per heavy atom.